The number of para-hydroxylation sites is 1. The number of nitrogens with one attached hydrogen (secondary N) is 1. The monoisotopic (exact) mass is 341 g/mol. The molecule has 0 fully saturated rings. The molecule has 2 aromatic carbocycles. The first kappa shape index (κ1) is 24.9. The largest absolute Gasteiger partial charge is 0.321 e. The first-order valence-corrected chi connectivity index (χ1v) is 9.52. The highest BCUT2D eigenvalue weighted by molar-refractivity contribution is 6.34. The summed E-state index contributed by atoms with van der Waals surface area (Å²) in [4.78, 5) is 11.9. The average Bonchev–Trinajstić information content (AvgIpc) is 3.04. The molecular formula is C23H35NO. The number of anilines is 1. The van der Waals surface area contributed by atoms with Crippen LogP contribution in [0.1, 0.15) is 66.5 Å². The number of carbonyl (C=O) groups is 1. The highest BCUT2D eigenvalue weighted by Gasteiger charge is 2.22. The molecule has 2 aromatic rings. The second-order valence-corrected chi connectivity index (χ2v) is 3.97. The molecule has 1 aliphatic heterocycles. The zero-order chi connectivity index (χ0) is 19.7. The number of hydrogen-bond donors (Lipinski definition) is 1. The third kappa shape index (κ3) is 7.84. The van der Waals surface area contributed by atoms with Gasteiger partial charge in [-0.25, -0.2) is 0 Å². The van der Waals surface area contributed by atoms with Crippen molar-refractivity contribution in [2.45, 2.75) is 55.4 Å². The van der Waals surface area contributed by atoms with Gasteiger partial charge in [0.05, 0.1) is 0 Å². The molecule has 2 nitrogen and oxygen atoms in total. The molecule has 1 N–H and O–H groups in total. The average molecular weight is 342 g/mol. The molecule has 0 aromatic heterocycles. The van der Waals surface area contributed by atoms with Crippen molar-refractivity contribution in [2.75, 3.05) is 5.32 Å². The molecule has 138 valence electrons. The van der Waals surface area contributed by atoms with Crippen LogP contribution in [0, 0.1) is 0 Å². The molecule has 2 heteroatoms. The van der Waals surface area contributed by atoms with Crippen LogP contribution in [0.4, 0.5) is 5.69 Å². The molecular weight excluding hydrogens is 306 g/mol. The van der Waals surface area contributed by atoms with Crippen LogP contribution in [0.3, 0.4) is 0 Å². The van der Waals surface area contributed by atoms with Crippen LogP contribution in [0.15, 0.2) is 54.6 Å². The summed E-state index contributed by atoms with van der Waals surface area (Å²) < 4.78 is 0. The zero-order valence-corrected chi connectivity index (χ0v) is 17.2. The van der Waals surface area contributed by atoms with Crippen molar-refractivity contribution in [3.05, 3.63) is 65.7 Å². The van der Waals surface area contributed by atoms with Gasteiger partial charge in [-0.1, -0.05) is 104 Å². The van der Waals surface area contributed by atoms with E-state index in [1.165, 1.54) is 0 Å². The number of benzene rings is 2. The van der Waals surface area contributed by atoms with Gasteiger partial charge in [0.25, 0.3) is 5.91 Å². The van der Waals surface area contributed by atoms with Crippen LogP contribution < -0.4 is 5.32 Å². The molecule has 0 saturated carbocycles. The lowest BCUT2D eigenvalue weighted by atomic mass is 10.0. The fourth-order valence-electron chi connectivity index (χ4n) is 2.00. The van der Waals surface area contributed by atoms with Gasteiger partial charge in [-0.2, -0.15) is 0 Å². The molecule has 1 aliphatic rings. The van der Waals surface area contributed by atoms with E-state index >= 15 is 0 Å². The Hall–Kier alpha value is -2.35. The maximum Gasteiger partial charge on any atom is 0.256 e. The lowest BCUT2D eigenvalue weighted by molar-refractivity contribution is -0.110. The van der Waals surface area contributed by atoms with Crippen molar-refractivity contribution in [1.82, 2.24) is 0 Å². The van der Waals surface area contributed by atoms with E-state index in [0.29, 0.717) is 0 Å². The number of rotatable bonds is 1. The maximum absolute atomic E-state index is 11.9. The Morgan fingerprint density at radius 1 is 0.680 bits per heavy atom. The highest BCUT2D eigenvalue weighted by Crippen LogP contribution is 2.32. The van der Waals surface area contributed by atoms with Gasteiger partial charge >= 0.3 is 0 Å². The third-order valence-electron chi connectivity index (χ3n) is 2.82. The minimum atomic E-state index is -0.0324. The van der Waals surface area contributed by atoms with Gasteiger partial charge in [-0.05, 0) is 17.7 Å². The van der Waals surface area contributed by atoms with Crippen molar-refractivity contribution in [2.24, 2.45) is 0 Å². The van der Waals surface area contributed by atoms with Crippen molar-refractivity contribution in [1.29, 1.82) is 0 Å². The number of fused-ring (bicyclic) bond motifs is 1. The fourth-order valence-corrected chi connectivity index (χ4v) is 2.00. The predicted molar refractivity (Wildman–Crippen MR) is 115 cm³/mol. The van der Waals surface area contributed by atoms with E-state index in [2.05, 4.69) is 5.32 Å². The van der Waals surface area contributed by atoms with Gasteiger partial charge in [0, 0.05) is 16.8 Å². The summed E-state index contributed by atoms with van der Waals surface area (Å²) in [5.41, 5.74) is 3.63. The normalized spacial score (nSPS) is 11.7. The molecule has 0 atom stereocenters. The number of carbonyl (C=O) groups excluding carboxylic acids is 1. The first-order chi connectivity index (χ1) is 12.3. The van der Waals surface area contributed by atoms with Crippen LogP contribution in [-0.4, -0.2) is 5.91 Å². The van der Waals surface area contributed by atoms with E-state index < -0.39 is 0 Å². The quantitative estimate of drug-likeness (QED) is 0.542. The van der Waals surface area contributed by atoms with E-state index in [4.69, 9.17) is 0 Å². The van der Waals surface area contributed by atoms with Crippen molar-refractivity contribution in [3.8, 4) is 0 Å². The Bertz CT molecular complexity index is 600. The third-order valence-corrected chi connectivity index (χ3v) is 2.82. The van der Waals surface area contributed by atoms with Crippen LogP contribution in [0.2, 0.25) is 0 Å². The molecule has 0 bridgehead atoms. The molecule has 25 heavy (non-hydrogen) atoms. The topological polar surface area (TPSA) is 29.1 Å². The molecule has 0 unspecified atom stereocenters. The van der Waals surface area contributed by atoms with E-state index in [1.807, 2.05) is 116 Å². The Morgan fingerprint density at radius 2 is 1.16 bits per heavy atom. The molecule has 0 radical (unpaired) electrons. The van der Waals surface area contributed by atoms with Crippen LogP contribution in [-0.2, 0) is 4.79 Å². The second kappa shape index (κ2) is 16.5. The molecule has 1 amide bonds. The molecule has 0 spiro atoms. The lowest BCUT2D eigenvalue weighted by Crippen LogP contribution is -2.03. The summed E-state index contributed by atoms with van der Waals surface area (Å²) in [6, 6.07) is 17.6. The molecule has 0 aliphatic carbocycles. The summed E-state index contributed by atoms with van der Waals surface area (Å²) >= 11 is 0. The van der Waals surface area contributed by atoms with Crippen molar-refractivity contribution < 1.29 is 4.79 Å². The van der Waals surface area contributed by atoms with E-state index in [1.54, 1.807) is 0 Å². The van der Waals surface area contributed by atoms with Gasteiger partial charge in [0.15, 0.2) is 0 Å². The predicted octanol–water partition coefficient (Wildman–Crippen LogP) is 7.28. The summed E-state index contributed by atoms with van der Waals surface area (Å²) in [7, 11) is 0. The summed E-state index contributed by atoms with van der Waals surface area (Å²) in [6.45, 7) is 16.0. The minimum absolute atomic E-state index is 0.0324. The van der Waals surface area contributed by atoms with E-state index in [-0.39, 0.29) is 5.91 Å². The molecule has 3 rings (SSSR count). The summed E-state index contributed by atoms with van der Waals surface area (Å²) in [5, 5.41) is 2.86. The summed E-state index contributed by atoms with van der Waals surface area (Å²) in [6.07, 6.45) is 1.92. The minimum Gasteiger partial charge on any atom is -0.321 e. The first-order valence-electron chi connectivity index (χ1n) is 9.52. The zero-order valence-electron chi connectivity index (χ0n) is 17.2. The molecule has 1 heterocycles. The number of hydrogen-bond acceptors (Lipinski definition) is 1. The van der Waals surface area contributed by atoms with Crippen LogP contribution >= 0.6 is 0 Å². The van der Waals surface area contributed by atoms with Gasteiger partial charge in [0.1, 0.15) is 0 Å². The van der Waals surface area contributed by atoms with Gasteiger partial charge in [0.2, 0.25) is 0 Å². The number of amides is 1. The highest BCUT2D eigenvalue weighted by atomic mass is 16.2. The fraction of sp³-hybridized carbons (Fsp3) is 0.348. The van der Waals surface area contributed by atoms with Crippen molar-refractivity contribution in [3.63, 3.8) is 0 Å². The Kier molecular flexibility index (Phi) is 16.4. The Labute approximate surface area is 155 Å². The van der Waals surface area contributed by atoms with E-state index in [0.717, 1.165) is 22.4 Å². The van der Waals surface area contributed by atoms with Gasteiger partial charge < -0.3 is 5.32 Å². The Balaban J connectivity index is 0. The van der Waals surface area contributed by atoms with Gasteiger partial charge in [-0.3, -0.25) is 4.79 Å². The lowest BCUT2D eigenvalue weighted by Gasteiger charge is -1.97. The standard InChI is InChI=1S/C15H11NO.4C2H6/c17-15-13(10-11-6-2-1-3-7-11)12-8-4-5-9-14(12)16-15;4*1-2/h1-10H,(H,16,17);4*1-2H3/b13-10-;;;;. The Morgan fingerprint density at radius 3 is 1.72 bits per heavy atom. The van der Waals surface area contributed by atoms with E-state index in [9.17, 15) is 4.79 Å². The van der Waals surface area contributed by atoms with Crippen molar-refractivity contribution >= 4 is 23.2 Å². The van der Waals surface area contributed by atoms with Crippen LogP contribution in [0.25, 0.3) is 11.6 Å². The molecule has 0 saturated heterocycles. The second-order valence-electron chi connectivity index (χ2n) is 3.97. The van der Waals surface area contributed by atoms with Gasteiger partial charge in [-0.15, -0.1) is 0 Å². The summed E-state index contributed by atoms with van der Waals surface area (Å²) in [5.74, 6) is -0.0324. The van der Waals surface area contributed by atoms with Crippen LogP contribution in [0.5, 0.6) is 0 Å². The maximum atomic E-state index is 11.9. The SMILES string of the molecule is CC.CC.CC.CC.O=C1Nc2ccccc2/C1=C/c1ccccc1. The smallest absolute Gasteiger partial charge is 0.256 e.